The van der Waals surface area contributed by atoms with Gasteiger partial charge in [-0.1, -0.05) is 0 Å². The quantitative estimate of drug-likeness (QED) is 0.0271. The molecule has 2 amide bonds. The fraction of sp³-hybridized carbons (Fsp3) is 0.690. The highest BCUT2D eigenvalue weighted by Gasteiger charge is 2.51. The van der Waals surface area contributed by atoms with Crippen molar-refractivity contribution in [3.8, 4) is 0 Å². The van der Waals surface area contributed by atoms with Gasteiger partial charge in [-0.05, 0) is 25.1 Å². The number of anilines is 1. The molecular weight excluding hydrogens is 898 g/mol. The summed E-state index contributed by atoms with van der Waals surface area (Å²) in [6.07, 6.45) is -12.2. The highest BCUT2D eigenvalue weighted by molar-refractivity contribution is 6.01. The molecule has 25 heteroatoms. The fourth-order valence-electron chi connectivity index (χ4n) is 6.49. The number of ether oxygens (including phenoxy) is 13. The first-order valence-electron chi connectivity index (χ1n) is 21.4. The zero-order valence-electron chi connectivity index (χ0n) is 38.3. The summed E-state index contributed by atoms with van der Waals surface area (Å²) in [6, 6.07) is 4.25. The Morgan fingerprint density at radius 3 is 1.43 bits per heavy atom. The summed E-state index contributed by atoms with van der Waals surface area (Å²) in [5, 5.41) is 26.8. The molecule has 10 atom stereocenters. The van der Waals surface area contributed by atoms with Crippen LogP contribution in [0.5, 0.6) is 0 Å². The summed E-state index contributed by atoms with van der Waals surface area (Å²) in [7, 11) is 0. The Morgan fingerprint density at radius 1 is 0.537 bits per heavy atom. The van der Waals surface area contributed by atoms with Gasteiger partial charge in [0.2, 0.25) is 0 Å². The number of aliphatic hydroxyl groups excluding tert-OH is 2. The molecule has 0 bridgehead atoms. The summed E-state index contributed by atoms with van der Waals surface area (Å²) in [5.41, 5.74) is 6.48. The lowest BCUT2D eigenvalue weighted by Crippen LogP contribution is -2.62. The van der Waals surface area contributed by atoms with Crippen LogP contribution in [0.4, 0.5) is 5.69 Å². The van der Waals surface area contributed by atoms with Crippen LogP contribution < -0.4 is 16.4 Å². The van der Waals surface area contributed by atoms with Crippen molar-refractivity contribution in [1.82, 2.24) is 10.6 Å². The van der Waals surface area contributed by atoms with Crippen molar-refractivity contribution in [2.75, 3.05) is 91.5 Å². The zero-order chi connectivity index (χ0) is 49.5. The predicted octanol–water partition coefficient (Wildman–Crippen LogP) is -1.69. The maximum absolute atomic E-state index is 12.8. The van der Waals surface area contributed by atoms with Gasteiger partial charge in [0, 0.05) is 64.5 Å². The number of aliphatic hydroxyl groups is 2. The van der Waals surface area contributed by atoms with Crippen molar-refractivity contribution in [1.29, 1.82) is 0 Å². The van der Waals surface area contributed by atoms with E-state index in [4.69, 9.17) is 67.3 Å². The van der Waals surface area contributed by atoms with Crippen molar-refractivity contribution in [2.45, 2.75) is 103 Å². The van der Waals surface area contributed by atoms with Crippen molar-refractivity contribution in [2.24, 2.45) is 0 Å². The number of esters is 5. The molecule has 2 aliphatic heterocycles. The van der Waals surface area contributed by atoms with Gasteiger partial charge in [0.25, 0.3) is 11.8 Å². The molecule has 1 aromatic rings. The Labute approximate surface area is 386 Å². The molecule has 2 aliphatic rings. The third kappa shape index (κ3) is 20.4. The maximum Gasteiger partial charge on any atom is 0.303 e. The molecule has 2 fully saturated rings. The minimum atomic E-state index is -1.51. The molecule has 378 valence electrons. The smallest absolute Gasteiger partial charge is 0.303 e. The molecule has 67 heavy (non-hydrogen) atoms. The van der Waals surface area contributed by atoms with Gasteiger partial charge < -0.3 is 88.2 Å². The monoisotopic (exact) mass is 961 g/mol. The summed E-state index contributed by atoms with van der Waals surface area (Å²) < 4.78 is 70.3. The Morgan fingerprint density at radius 2 is 0.955 bits per heavy atom. The van der Waals surface area contributed by atoms with E-state index in [-0.39, 0.29) is 103 Å². The van der Waals surface area contributed by atoms with E-state index < -0.39 is 103 Å². The molecule has 6 N–H and O–H groups in total. The number of carbonyl (C=O) groups excluding carboxylic acids is 7. The Bertz CT molecular complexity index is 1770. The number of rotatable bonds is 28. The van der Waals surface area contributed by atoms with E-state index in [0.717, 1.165) is 13.8 Å². The number of nitrogens with two attached hydrogens (primary N) is 1. The maximum atomic E-state index is 12.8. The second-order valence-corrected chi connectivity index (χ2v) is 14.9. The molecule has 0 spiro atoms. The standard InChI is InChI=1S/C42H63N3O22/c1-23-35(63-25(3)47)37(65-27(5)49)34(52)41(62-23)59-17-15-57-13-11-55-9-7-44-39(53)29-19-30(21-31(43)20-29)40(54)45-8-10-56-12-14-58-16-18-60-42-38(66-28(6)50)36(64-26(4)48)33(51)32(67-42)22-61-24(2)46/h19-21,23,32-38,41-42,51-52H,7-18,22,43H2,1-6H3,(H,44,53)(H,45,54)/t23-,32-,33-,34+,35-,36+,37-,38+,41+,42+/m1/s1. The number of amides is 2. The third-order valence-electron chi connectivity index (χ3n) is 9.34. The Balaban J connectivity index is 1.27. The molecule has 0 saturated carbocycles. The average molecular weight is 962 g/mol. The van der Waals surface area contributed by atoms with Crippen molar-refractivity contribution >= 4 is 47.3 Å². The van der Waals surface area contributed by atoms with Crippen LogP contribution in [-0.2, 0) is 85.6 Å². The fourth-order valence-corrected chi connectivity index (χ4v) is 6.49. The van der Waals surface area contributed by atoms with Crippen LogP contribution in [0.1, 0.15) is 62.3 Å². The van der Waals surface area contributed by atoms with E-state index in [9.17, 15) is 43.8 Å². The Kier molecular flexibility index (Phi) is 24.9. The SMILES string of the molecule is CC(=O)OC[C@H]1O[C@H](OCCOCCOCCNC(=O)c2cc(N)cc(C(=O)NCCOCCOCCO[C@H]3O[C@H](C)[C@@H](OC(C)=O)[C@H](OC(C)=O)[C@@H]3O)c2)[C@@H](OC(C)=O)[C@@H](OC(C)=O)[C@@H]1O. The van der Waals surface area contributed by atoms with Crippen molar-refractivity contribution in [3.63, 3.8) is 0 Å². The molecule has 3 rings (SSSR count). The van der Waals surface area contributed by atoms with Crippen LogP contribution in [0.25, 0.3) is 0 Å². The van der Waals surface area contributed by atoms with Gasteiger partial charge in [0.05, 0.1) is 72.2 Å². The highest BCUT2D eigenvalue weighted by atomic mass is 16.7. The van der Waals surface area contributed by atoms with Gasteiger partial charge in [-0.25, -0.2) is 0 Å². The first-order valence-corrected chi connectivity index (χ1v) is 21.4. The molecule has 0 unspecified atom stereocenters. The largest absolute Gasteiger partial charge is 0.463 e. The lowest BCUT2D eigenvalue weighted by atomic mass is 9.98. The first kappa shape index (κ1) is 56.2. The van der Waals surface area contributed by atoms with Crippen LogP contribution in [0.15, 0.2) is 18.2 Å². The molecule has 2 saturated heterocycles. The molecule has 2 heterocycles. The minimum Gasteiger partial charge on any atom is -0.463 e. The molecular formula is C42H63N3O22. The number of benzene rings is 1. The van der Waals surface area contributed by atoms with Gasteiger partial charge in [-0.2, -0.15) is 0 Å². The van der Waals surface area contributed by atoms with E-state index in [1.54, 1.807) is 6.92 Å². The first-order chi connectivity index (χ1) is 31.9. The van der Waals surface area contributed by atoms with Gasteiger partial charge in [-0.3, -0.25) is 33.6 Å². The van der Waals surface area contributed by atoms with Gasteiger partial charge in [-0.15, -0.1) is 0 Å². The van der Waals surface area contributed by atoms with Gasteiger partial charge in [0.15, 0.2) is 37.0 Å². The molecule has 0 radical (unpaired) electrons. The molecule has 0 aliphatic carbocycles. The zero-order valence-corrected chi connectivity index (χ0v) is 38.3. The second kappa shape index (κ2) is 29.6. The van der Waals surface area contributed by atoms with Crippen molar-refractivity contribution in [3.05, 3.63) is 29.3 Å². The van der Waals surface area contributed by atoms with Crippen LogP contribution >= 0.6 is 0 Å². The third-order valence-corrected chi connectivity index (χ3v) is 9.34. The number of nitrogens with one attached hydrogen (secondary N) is 2. The summed E-state index contributed by atoms with van der Waals surface area (Å²) in [6.45, 7) is 8.25. The lowest BCUT2D eigenvalue weighted by Gasteiger charge is -2.42. The van der Waals surface area contributed by atoms with E-state index >= 15 is 0 Å². The van der Waals surface area contributed by atoms with E-state index in [0.29, 0.717) is 0 Å². The van der Waals surface area contributed by atoms with Crippen molar-refractivity contribution < 1.29 is 105 Å². The summed E-state index contributed by atoms with van der Waals surface area (Å²) >= 11 is 0. The summed E-state index contributed by atoms with van der Waals surface area (Å²) in [5.74, 6) is -4.41. The van der Waals surface area contributed by atoms with E-state index in [1.165, 1.54) is 39.0 Å². The van der Waals surface area contributed by atoms with E-state index in [1.807, 2.05) is 0 Å². The lowest BCUT2D eigenvalue weighted by molar-refractivity contribution is -0.307. The Hall–Kier alpha value is -5.09. The number of nitrogen functional groups attached to an aromatic ring is 1. The van der Waals surface area contributed by atoms with Crippen LogP contribution in [-0.4, -0.2) is 199 Å². The summed E-state index contributed by atoms with van der Waals surface area (Å²) in [4.78, 5) is 83.6. The van der Waals surface area contributed by atoms with Gasteiger partial charge in [0.1, 0.15) is 24.9 Å². The average Bonchev–Trinajstić information content (AvgIpc) is 3.25. The normalized spacial score (nSPS) is 24.7. The van der Waals surface area contributed by atoms with E-state index in [2.05, 4.69) is 10.6 Å². The second-order valence-electron chi connectivity index (χ2n) is 14.9. The number of hydrogen-bond acceptors (Lipinski definition) is 23. The predicted molar refractivity (Wildman–Crippen MR) is 225 cm³/mol. The van der Waals surface area contributed by atoms with Crippen LogP contribution in [0.3, 0.4) is 0 Å². The number of hydrogen-bond donors (Lipinski definition) is 5. The minimum absolute atomic E-state index is 0.0156. The van der Waals surface area contributed by atoms with Gasteiger partial charge >= 0.3 is 29.8 Å². The van der Waals surface area contributed by atoms with Crippen LogP contribution in [0, 0.1) is 0 Å². The van der Waals surface area contributed by atoms with Crippen LogP contribution in [0.2, 0.25) is 0 Å². The topological polar surface area (TPSA) is 330 Å². The highest BCUT2D eigenvalue weighted by Crippen LogP contribution is 2.29. The number of carbonyl (C=O) groups is 7. The molecule has 1 aromatic carbocycles. The molecule has 0 aromatic heterocycles. The molecule has 25 nitrogen and oxygen atoms in total.